The molecule has 3 rings (SSSR count). The average molecular weight is 309 g/mol. The molecule has 0 atom stereocenters. The highest BCUT2D eigenvalue weighted by atomic mass is 16.5. The zero-order chi connectivity index (χ0) is 16.2. The van der Waals surface area contributed by atoms with Gasteiger partial charge in [0.05, 0.1) is 12.0 Å². The van der Waals surface area contributed by atoms with Crippen LogP contribution in [-0.2, 0) is 6.54 Å². The standard InChI is InChI=1S/C17H15N3O3/c1-2-23-13-9-7-12(8-10-13)16(21)11-20-17(22)14-5-3-4-6-15(14)18-19-20/h3-10H,2,11H2,1H3. The molecule has 23 heavy (non-hydrogen) atoms. The quantitative estimate of drug-likeness (QED) is 0.675. The SMILES string of the molecule is CCOc1ccc(C(=O)Cn2nnc3ccccc3c2=O)cc1. The lowest BCUT2D eigenvalue weighted by molar-refractivity contribution is 0.0964. The molecule has 0 fully saturated rings. The molecule has 6 heteroatoms. The normalized spacial score (nSPS) is 10.7. The maximum absolute atomic E-state index is 12.3. The van der Waals surface area contributed by atoms with Gasteiger partial charge in [-0.1, -0.05) is 17.3 Å². The van der Waals surface area contributed by atoms with Crippen LogP contribution in [-0.4, -0.2) is 27.4 Å². The highest BCUT2D eigenvalue weighted by Gasteiger charge is 2.11. The summed E-state index contributed by atoms with van der Waals surface area (Å²) in [5.74, 6) is 0.492. The minimum absolute atomic E-state index is 0.148. The van der Waals surface area contributed by atoms with E-state index < -0.39 is 0 Å². The number of benzene rings is 2. The number of aromatic nitrogens is 3. The summed E-state index contributed by atoms with van der Waals surface area (Å²) in [6.45, 7) is 2.31. The van der Waals surface area contributed by atoms with Gasteiger partial charge < -0.3 is 4.74 Å². The monoisotopic (exact) mass is 309 g/mol. The van der Waals surface area contributed by atoms with Crippen LogP contribution in [0, 0.1) is 0 Å². The Balaban J connectivity index is 1.85. The van der Waals surface area contributed by atoms with Crippen LogP contribution in [0.2, 0.25) is 0 Å². The molecule has 6 nitrogen and oxygen atoms in total. The number of carbonyl (C=O) groups excluding carboxylic acids is 1. The van der Waals surface area contributed by atoms with Crippen molar-refractivity contribution < 1.29 is 9.53 Å². The Hall–Kier alpha value is -3.02. The molecular formula is C17H15N3O3. The van der Waals surface area contributed by atoms with Crippen LogP contribution in [0.4, 0.5) is 0 Å². The van der Waals surface area contributed by atoms with Crippen molar-refractivity contribution in [1.29, 1.82) is 0 Å². The first-order chi connectivity index (χ1) is 11.2. The Kier molecular flexibility index (Phi) is 4.14. The summed E-state index contributed by atoms with van der Waals surface area (Å²) in [4.78, 5) is 24.6. The molecule has 1 aromatic heterocycles. The van der Waals surface area contributed by atoms with Gasteiger partial charge in [0.2, 0.25) is 0 Å². The summed E-state index contributed by atoms with van der Waals surface area (Å²) in [6, 6.07) is 13.7. The van der Waals surface area contributed by atoms with Crippen LogP contribution in [0.1, 0.15) is 17.3 Å². The molecule has 0 saturated carbocycles. The van der Waals surface area contributed by atoms with Crippen LogP contribution in [0.15, 0.2) is 53.3 Å². The lowest BCUT2D eigenvalue weighted by atomic mass is 10.1. The molecule has 0 radical (unpaired) electrons. The number of nitrogens with zero attached hydrogens (tertiary/aromatic N) is 3. The molecule has 2 aromatic carbocycles. The first-order valence-electron chi connectivity index (χ1n) is 7.27. The number of carbonyl (C=O) groups is 1. The molecule has 0 unspecified atom stereocenters. The van der Waals surface area contributed by atoms with E-state index >= 15 is 0 Å². The smallest absolute Gasteiger partial charge is 0.278 e. The van der Waals surface area contributed by atoms with Crippen LogP contribution < -0.4 is 10.3 Å². The molecule has 0 aliphatic heterocycles. The van der Waals surface area contributed by atoms with Crippen molar-refractivity contribution in [2.45, 2.75) is 13.5 Å². The zero-order valence-electron chi connectivity index (χ0n) is 12.6. The number of Topliss-reactive ketones (excluding diaryl/α,β-unsaturated/α-hetero) is 1. The molecule has 0 spiro atoms. The van der Waals surface area contributed by atoms with Crippen molar-refractivity contribution in [3.63, 3.8) is 0 Å². The van der Waals surface area contributed by atoms with Crippen LogP contribution in [0.5, 0.6) is 5.75 Å². The van der Waals surface area contributed by atoms with Crippen LogP contribution >= 0.6 is 0 Å². The molecule has 0 N–H and O–H groups in total. The third-order valence-corrected chi connectivity index (χ3v) is 3.41. The maximum atomic E-state index is 12.3. The minimum Gasteiger partial charge on any atom is -0.494 e. The summed E-state index contributed by atoms with van der Waals surface area (Å²) in [6.07, 6.45) is 0. The predicted octanol–water partition coefficient (Wildman–Crippen LogP) is 2.07. The van der Waals surface area contributed by atoms with E-state index in [4.69, 9.17) is 4.74 Å². The van der Waals surface area contributed by atoms with Gasteiger partial charge in [-0.2, -0.15) is 0 Å². The van der Waals surface area contributed by atoms with Crippen LogP contribution in [0.25, 0.3) is 10.9 Å². The first-order valence-corrected chi connectivity index (χ1v) is 7.27. The zero-order valence-corrected chi connectivity index (χ0v) is 12.6. The number of ketones is 1. The Morgan fingerprint density at radius 2 is 1.87 bits per heavy atom. The van der Waals surface area contributed by atoms with E-state index in [0.717, 1.165) is 4.68 Å². The molecule has 1 heterocycles. The van der Waals surface area contributed by atoms with Gasteiger partial charge in [-0.05, 0) is 43.3 Å². The van der Waals surface area contributed by atoms with Crippen LogP contribution in [0.3, 0.4) is 0 Å². The third-order valence-electron chi connectivity index (χ3n) is 3.41. The fraction of sp³-hybridized carbons (Fsp3) is 0.176. The summed E-state index contributed by atoms with van der Waals surface area (Å²) >= 11 is 0. The molecule has 3 aromatic rings. The number of fused-ring (bicyclic) bond motifs is 1. The van der Waals surface area contributed by atoms with E-state index in [-0.39, 0.29) is 17.9 Å². The van der Waals surface area contributed by atoms with Gasteiger partial charge in [-0.15, -0.1) is 5.10 Å². The fourth-order valence-corrected chi connectivity index (χ4v) is 2.26. The Labute approximate surface area is 132 Å². The molecular weight excluding hydrogens is 294 g/mol. The summed E-state index contributed by atoms with van der Waals surface area (Å²) in [5.41, 5.74) is 0.687. The molecule has 0 aliphatic carbocycles. The molecule has 0 amide bonds. The number of rotatable bonds is 5. The lowest BCUT2D eigenvalue weighted by Crippen LogP contribution is -2.27. The third kappa shape index (κ3) is 3.11. The van der Waals surface area contributed by atoms with Gasteiger partial charge in [-0.3, -0.25) is 9.59 Å². The fourth-order valence-electron chi connectivity index (χ4n) is 2.26. The van der Waals surface area contributed by atoms with Gasteiger partial charge in [-0.25, -0.2) is 4.68 Å². The van der Waals surface area contributed by atoms with Gasteiger partial charge in [0, 0.05) is 5.56 Å². The number of hydrogen-bond donors (Lipinski definition) is 0. The Morgan fingerprint density at radius 1 is 1.13 bits per heavy atom. The largest absolute Gasteiger partial charge is 0.494 e. The summed E-state index contributed by atoms with van der Waals surface area (Å²) in [7, 11) is 0. The van der Waals surface area contributed by atoms with Crippen molar-refractivity contribution in [2.75, 3.05) is 6.61 Å². The first kappa shape index (κ1) is 14.9. The van der Waals surface area contributed by atoms with Crippen molar-refractivity contribution in [1.82, 2.24) is 15.0 Å². The summed E-state index contributed by atoms with van der Waals surface area (Å²) < 4.78 is 6.42. The van der Waals surface area contributed by atoms with E-state index in [0.29, 0.717) is 28.8 Å². The highest BCUT2D eigenvalue weighted by molar-refractivity contribution is 5.96. The van der Waals surface area contributed by atoms with E-state index in [9.17, 15) is 9.59 Å². The Morgan fingerprint density at radius 3 is 2.61 bits per heavy atom. The van der Waals surface area contributed by atoms with Gasteiger partial charge in [0.1, 0.15) is 17.8 Å². The van der Waals surface area contributed by atoms with Crippen molar-refractivity contribution in [3.8, 4) is 5.75 Å². The average Bonchev–Trinajstić information content (AvgIpc) is 2.58. The number of ether oxygens (including phenoxy) is 1. The van der Waals surface area contributed by atoms with Crippen molar-refractivity contribution >= 4 is 16.7 Å². The van der Waals surface area contributed by atoms with Crippen molar-refractivity contribution in [2.24, 2.45) is 0 Å². The highest BCUT2D eigenvalue weighted by Crippen LogP contribution is 2.13. The maximum Gasteiger partial charge on any atom is 0.278 e. The van der Waals surface area contributed by atoms with E-state index in [2.05, 4.69) is 10.3 Å². The topological polar surface area (TPSA) is 74.1 Å². The molecule has 0 bridgehead atoms. The Bertz CT molecular complexity index is 901. The minimum atomic E-state index is -0.324. The lowest BCUT2D eigenvalue weighted by Gasteiger charge is -2.06. The van der Waals surface area contributed by atoms with Gasteiger partial charge in [0.25, 0.3) is 5.56 Å². The second-order valence-corrected chi connectivity index (χ2v) is 4.95. The summed E-state index contributed by atoms with van der Waals surface area (Å²) in [5, 5.41) is 8.24. The van der Waals surface area contributed by atoms with Crippen molar-refractivity contribution in [3.05, 3.63) is 64.4 Å². The second kappa shape index (κ2) is 6.39. The molecule has 0 aliphatic rings. The predicted molar refractivity (Wildman–Crippen MR) is 85.7 cm³/mol. The van der Waals surface area contributed by atoms with Gasteiger partial charge >= 0.3 is 0 Å². The van der Waals surface area contributed by atoms with E-state index in [1.807, 2.05) is 6.92 Å². The molecule has 0 saturated heterocycles. The molecule has 116 valence electrons. The van der Waals surface area contributed by atoms with Gasteiger partial charge in [0.15, 0.2) is 5.78 Å². The van der Waals surface area contributed by atoms with E-state index in [1.165, 1.54) is 0 Å². The number of hydrogen-bond acceptors (Lipinski definition) is 5. The van der Waals surface area contributed by atoms with E-state index in [1.54, 1.807) is 48.5 Å². The second-order valence-electron chi connectivity index (χ2n) is 4.95.